The van der Waals surface area contributed by atoms with Crippen molar-refractivity contribution in [1.29, 1.82) is 0 Å². The lowest BCUT2D eigenvalue weighted by Crippen LogP contribution is -2.45. The number of amides is 1. The summed E-state index contributed by atoms with van der Waals surface area (Å²) < 4.78 is 22.9. The molecule has 0 saturated carbocycles. The lowest BCUT2D eigenvalue weighted by atomic mass is 9.99. The van der Waals surface area contributed by atoms with Crippen LogP contribution in [0.25, 0.3) is 0 Å². The topological polar surface area (TPSA) is 57.7 Å². The molecule has 0 spiro atoms. The minimum absolute atomic E-state index is 0.0117. The molecule has 2 aliphatic heterocycles. The molecule has 5 nitrogen and oxygen atoms in total. The van der Waals surface area contributed by atoms with Gasteiger partial charge < -0.3 is 4.90 Å². The van der Waals surface area contributed by atoms with Gasteiger partial charge in [0.1, 0.15) is 0 Å². The molecule has 2 rings (SSSR count). The maximum Gasteiger partial charge on any atom is 0.236 e. The van der Waals surface area contributed by atoms with Crippen LogP contribution in [0.4, 0.5) is 0 Å². The summed E-state index contributed by atoms with van der Waals surface area (Å²) in [6.07, 6.45) is 2.81. The van der Waals surface area contributed by atoms with Gasteiger partial charge in [-0.15, -0.1) is 0 Å². The second-order valence-electron chi connectivity index (χ2n) is 6.04. The van der Waals surface area contributed by atoms with E-state index < -0.39 is 9.84 Å². The SMILES string of the molecule is CC1CCN(C(=O)CN(C)C2CCS(=O)(=O)C2)CC1. The molecular formula is C13H24N2O3S. The summed E-state index contributed by atoms with van der Waals surface area (Å²) in [6.45, 7) is 4.25. The maximum absolute atomic E-state index is 12.2. The third-order valence-corrected chi connectivity index (χ3v) is 6.10. The van der Waals surface area contributed by atoms with E-state index in [1.165, 1.54) is 0 Å². The van der Waals surface area contributed by atoms with Gasteiger partial charge in [-0.25, -0.2) is 8.42 Å². The van der Waals surface area contributed by atoms with E-state index >= 15 is 0 Å². The number of hydrogen-bond donors (Lipinski definition) is 0. The first-order chi connectivity index (χ1) is 8.87. The number of carbonyl (C=O) groups excluding carboxylic acids is 1. The molecule has 2 heterocycles. The van der Waals surface area contributed by atoms with Gasteiger partial charge in [0.15, 0.2) is 9.84 Å². The highest BCUT2D eigenvalue weighted by atomic mass is 32.2. The molecule has 0 radical (unpaired) electrons. The van der Waals surface area contributed by atoms with Crippen LogP contribution < -0.4 is 0 Å². The lowest BCUT2D eigenvalue weighted by molar-refractivity contribution is -0.133. The van der Waals surface area contributed by atoms with Crippen molar-refractivity contribution < 1.29 is 13.2 Å². The van der Waals surface area contributed by atoms with Gasteiger partial charge in [-0.1, -0.05) is 6.92 Å². The van der Waals surface area contributed by atoms with E-state index in [2.05, 4.69) is 6.92 Å². The monoisotopic (exact) mass is 288 g/mol. The summed E-state index contributed by atoms with van der Waals surface area (Å²) in [5.41, 5.74) is 0. The van der Waals surface area contributed by atoms with Crippen LogP contribution in [0.2, 0.25) is 0 Å². The zero-order chi connectivity index (χ0) is 14.0. The fourth-order valence-corrected chi connectivity index (χ4v) is 4.63. The highest BCUT2D eigenvalue weighted by Gasteiger charge is 2.32. The molecule has 2 saturated heterocycles. The van der Waals surface area contributed by atoms with Crippen molar-refractivity contribution in [2.45, 2.75) is 32.2 Å². The predicted octanol–water partition coefficient (Wildman–Crippen LogP) is 0.364. The molecule has 2 fully saturated rings. The van der Waals surface area contributed by atoms with Crippen molar-refractivity contribution in [2.24, 2.45) is 5.92 Å². The summed E-state index contributed by atoms with van der Waals surface area (Å²) in [4.78, 5) is 16.0. The van der Waals surface area contributed by atoms with Crippen molar-refractivity contribution in [1.82, 2.24) is 9.80 Å². The van der Waals surface area contributed by atoms with Crippen LogP contribution in [0, 0.1) is 5.92 Å². The first kappa shape index (κ1) is 14.8. The number of carbonyl (C=O) groups is 1. The van der Waals surface area contributed by atoms with Gasteiger partial charge in [-0.3, -0.25) is 9.69 Å². The van der Waals surface area contributed by atoms with Crippen LogP contribution in [0.3, 0.4) is 0 Å². The molecule has 110 valence electrons. The number of likely N-dealkylation sites (N-methyl/N-ethyl adjacent to an activating group) is 1. The van der Waals surface area contributed by atoms with Crippen molar-refractivity contribution in [3.8, 4) is 0 Å². The minimum Gasteiger partial charge on any atom is -0.342 e. The van der Waals surface area contributed by atoms with Crippen LogP contribution in [-0.2, 0) is 14.6 Å². The molecule has 19 heavy (non-hydrogen) atoms. The Bertz CT molecular complexity index is 427. The average molecular weight is 288 g/mol. The zero-order valence-electron chi connectivity index (χ0n) is 11.8. The Balaban J connectivity index is 1.82. The molecule has 1 amide bonds. The number of rotatable bonds is 3. The largest absolute Gasteiger partial charge is 0.342 e. The molecule has 1 unspecified atom stereocenters. The van der Waals surface area contributed by atoms with Crippen molar-refractivity contribution in [3.05, 3.63) is 0 Å². The molecule has 2 aliphatic rings. The summed E-state index contributed by atoms with van der Waals surface area (Å²) in [6, 6.07) is 0.0117. The third-order valence-electron chi connectivity index (χ3n) is 4.35. The van der Waals surface area contributed by atoms with Gasteiger partial charge in [0.05, 0.1) is 18.1 Å². The summed E-state index contributed by atoms with van der Waals surface area (Å²) in [7, 11) is -1.02. The Hall–Kier alpha value is -0.620. The molecule has 0 aromatic heterocycles. The Morgan fingerprint density at radius 2 is 1.89 bits per heavy atom. The number of piperidine rings is 1. The summed E-state index contributed by atoms with van der Waals surface area (Å²) in [5.74, 6) is 1.31. The molecule has 0 aliphatic carbocycles. The maximum atomic E-state index is 12.2. The smallest absolute Gasteiger partial charge is 0.236 e. The Labute approximate surface area is 115 Å². The van der Waals surface area contributed by atoms with E-state index in [9.17, 15) is 13.2 Å². The normalized spacial score (nSPS) is 27.9. The predicted molar refractivity (Wildman–Crippen MR) is 74.7 cm³/mol. The number of sulfone groups is 1. The van der Waals surface area contributed by atoms with E-state index in [1.807, 2.05) is 16.8 Å². The van der Waals surface area contributed by atoms with Crippen LogP contribution in [0.5, 0.6) is 0 Å². The van der Waals surface area contributed by atoms with Crippen LogP contribution in [0.1, 0.15) is 26.2 Å². The van der Waals surface area contributed by atoms with Crippen molar-refractivity contribution in [2.75, 3.05) is 38.2 Å². The van der Waals surface area contributed by atoms with Gasteiger partial charge in [0.25, 0.3) is 0 Å². The fourth-order valence-electron chi connectivity index (χ4n) is 2.82. The van der Waals surface area contributed by atoms with E-state index in [0.29, 0.717) is 18.9 Å². The quantitative estimate of drug-likeness (QED) is 0.752. The van der Waals surface area contributed by atoms with Gasteiger partial charge in [0.2, 0.25) is 5.91 Å². The zero-order valence-corrected chi connectivity index (χ0v) is 12.7. The highest BCUT2D eigenvalue weighted by molar-refractivity contribution is 7.91. The lowest BCUT2D eigenvalue weighted by Gasteiger charge is -2.32. The molecule has 0 N–H and O–H groups in total. The Morgan fingerprint density at radius 3 is 2.42 bits per heavy atom. The summed E-state index contributed by atoms with van der Waals surface area (Å²) in [5, 5.41) is 0. The van der Waals surface area contributed by atoms with E-state index in [1.54, 1.807) is 0 Å². The van der Waals surface area contributed by atoms with E-state index in [0.717, 1.165) is 25.9 Å². The summed E-state index contributed by atoms with van der Waals surface area (Å²) >= 11 is 0. The Morgan fingerprint density at radius 1 is 1.26 bits per heavy atom. The van der Waals surface area contributed by atoms with Gasteiger partial charge in [-0.2, -0.15) is 0 Å². The standard InChI is InChI=1S/C13H24N2O3S/c1-11-3-6-15(7-4-11)13(16)9-14(2)12-5-8-19(17,18)10-12/h11-12H,3-10H2,1-2H3. The molecule has 6 heteroatoms. The number of hydrogen-bond acceptors (Lipinski definition) is 4. The average Bonchev–Trinajstić information content (AvgIpc) is 2.70. The van der Waals surface area contributed by atoms with Crippen LogP contribution in [0.15, 0.2) is 0 Å². The second-order valence-corrected chi connectivity index (χ2v) is 8.26. The molecule has 0 aromatic rings. The number of nitrogens with zero attached hydrogens (tertiary/aromatic N) is 2. The molecule has 0 aromatic carbocycles. The number of likely N-dealkylation sites (tertiary alicyclic amines) is 1. The van der Waals surface area contributed by atoms with E-state index in [-0.39, 0.29) is 23.5 Å². The van der Waals surface area contributed by atoms with Crippen LogP contribution >= 0.6 is 0 Å². The highest BCUT2D eigenvalue weighted by Crippen LogP contribution is 2.18. The van der Waals surface area contributed by atoms with E-state index in [4.69, 9.17) is 0 Å². The second kappa shape index (κ2) is 5.79. The molecule has 0 bridgehead atoms. The Kier molecular flexibility index (Phi) is 4.50. The van der Waals surface area contributed by atoms with Crippen molar-refractivity contribution >= 4 is 15.7 Å². The minimum atomic E-state index is -2.87. The molecule has 1 atom stereocenters. The van der Waals surface area contributed by atoms with Gasteiger partial charge in [0, 0.05) is 19.1 Å². The van der Waals surface area contributed by atoms with Gasteiger partial charge in [-0.05, 0) is 32.2 Å². The first-order valence-electron chi connectivity index (χ1n) is 7.06. The first-order valence-corrected chi connectivity index (χ1v) is 8.88. The third kappa shape index (κ3) is 3.92. The van der Waals surface area contributed by atoms with Gasteiger partial charge >= 0.3 is 0 Å². The van der Waals surface area contributed by atoms with Crippen molar-refractivity contribution in [3.63, 3.8) is 0 Å². The molecular weight excluding hydrogens is 264 g/mol. The fraction of sp³-hybridized carbons (Fsp3) is 0.923. The van der Waals surface area contributed by atoms with Crippen LogP contribution in [-0.4, -0.2) is 68.4 Å².